The minimum Gasteiger partial charge on any atom is -0.339 e. The Hall–Kier alpha value is -2.37. The fourth-order valence-electron chi connectivity index (χ4n) is 7.52. The van der Waals surface area contributed by atoms with Crippen LogP contribution in [0.4, 0.5) is 0 Å². The van der Waals surface area contributed by atoms with Crippen LogP contribution >= 0.6 is 0 Å². The summed E-state index contributed by atoms with van der Waals surface area (Å²) in [6.45, 7) is 13.0. The lowest BCUT2D eigenvalue weighted by Crippen LogP contribution is -2.60. The molecular weight excluding hydrogens is 538 g/mol. The van der Waals surface area contributed by atoms with E-state index in [1.807, 2.05) is 18.7 Å². The third-order valence-electron chi connectivity index (χ3n) is 10.4. The van der Waals surface area contributed by atoms with E-state index >= 15 is 0 Å². The van der Waals surface area contributed by atoms with E-state index in [-0.39, 0.29) is 21.9 Å². The highest BCUT2D eigenvalue weighted by atomic mass is 32.2. The van der Waals surface area contributed by atoms with Crippen LogP contribution in [0.2, 0.25) is 0 Å². The van der Waals surface area contributed by atoms with Gasteiger partial charge in [0.05, 0.1) is 23.3 Å². The maximum absolute atomic E-state index is 13.4. The Morgan fingerprint density at radius 3 is 2.20 bits per heavy atom. The summed E-state index contributed by atoms with van der Waals surface area (Å²) >= 11 is 0. The predicted octanol–water partition coefficient (Wildman–Crippen LogP) is 3.80. The zero-order chi connectivity index (χ0) is 29.4. The second kappa shape index (κ2) is 11.7. The number of carbonyl (C=O) groups is 1. The van der Waals surface area contributed by atoms with Gasteiger partial charge in [-0.1, -0.05) is 19.8 Å². The Labute approximate surface area is 245 Å². The Morgan fingerprint density at radius 1 is 0.976 bits per heavy atom. The van der Waals surface area contributed by atoms with Crippen molar-refractivity contribution in [3.63, 3.8) is 0 Å². The van der Waals surface area contributed by atoms with E-state index in [1.165, 1.54) is 6.33 Å². The maximum Gasteiger partial charge on any atom is 0.262 e. The number of aryl methyl sites for hydroxylation is 3. The molecule has 1 atom stereocenters. The molecule has 41 heavy (non-hydrogen) atoms. The van der Waals surface area contributed by atoms with Crippen LogP contribution in [0.1, 0.15) is 87.0 Å². The predicted molar refractivity (Wildman–Crippen MR) is 158 cm³/mol. The number of sulfonamides is 1. The van der Waals surface area contributed by atoms with Crippen molar-refractivity contribution in [2.24, 2.45) is 18.4 Å². The number of unbranched alkanes of at least 4 members (excludes halogenated alkanes) is 1. The van der Waals surface area contributed by atoms with Crippen molar-refractivity contribution in [3.8, 4) is 0 Å². The third-order valence-corrected chi connectivity index (χ3v) is 12.2. The summed E-state index contributed by atoms with van der Waals surface area (Å²) in [6.07, 6.45) is 13.0. The molecule has 0 aromatic carbocycles. The monoisotopic (exact) mass is 585 g/mol. The number of nitrogens with zero attached hydrogens (tertiary/aromatic N) is 7. The number of imidazole rings is 1. The molecule has 0 aliphatic carbocycles. The van der Waals surface area contributed by atoms with Crippen LogP contribution in [0.3, 0.4) is 0 Å². The lowest BCUT2D eigenvalue weighted by molar-refractivity contribution is -0.0483. The van der Waals surface area contributed by atoms with E-state index in [4.69, 9.17) is 0 Å². The molecule has 1 unspecified atom stereocenters. The van der Waals surface area contributed by atoms with Gasteiger partial charge in [0.15, 0.2) is 5.03 Å². The molecule has 10 nitrogen and oxygen atoms in total. The fourth-order valence-corrected chi connectivity index (χ4v) is 8.97. The quantitative estimate of drug-likeness (QED) is 0.487. The number of carbonyl (C=O) groups excluding carboxylic acids is 1. The van der Waals surface area contributed by atoms with Gasteiger partial charge < -0.3 is 9.47 Å². The lowest BCUT2D eigenvalue weighted by Gasteiger charge is -2.55. The van der Waals surface area contributed by atoms with E-state index in [0.29, 0.717) is 24.6 Å². The molecular formula is C30H47N7O3S. The second-order valence-corrected chi connectivity index (χ2v) is 14.8. The minimum absolute atomic E-state index is 0.0476. The molecule has 0 radical (unpaired) electrons. The Balaban J connectivity index is 1.22. The Bertz CT molecular complexity index is 1320. The molecule has 3 aliphatic heterocycles. The van der Waals surface area contributed by atoms with Crippen molar-refractivity contribution < 1.29 is 13.2 Å². The molecule has 11 heteroatoms. The van der Waals surface area contributed by atoms with Gasteiger partial charge in [-0.25, -0.2) is 23.4 Å². The molecule has 0 bridgehead atoms. The van der Waals surface area contributed by atoms with Gasteiger partial charge >= 0.3 is 0 Å². The first-order valence-corrected chi connectivity index (χ1v) is 16.7. The van der Waals surface area contributed by atoms with Gasteiger partial charge in [0.2, 0.25) is 0 Å². The van der Waals surface area contributed by atoms with Crippen molar-refractivity contribution in [2.75, 3.05) is 39.3 Å². The average Bonchev–Trinajstić information content (AvgIpc) is 3.40. The van der Waals surface area contributed by atoms with E-state index in [1.54, 1.807) is 28.4 Å². The highest BCUT2D eigenvalue weighted by Gasteiger charge is 2.49. The molecule has 0 saturated carbocycles. The van der Waals surface area contributed by atoms with Crippen molar-refractivity contribution in [1.82, 2.24) is 33.6 Å². The van der Waals surface area contributed by atoms with E-state index < -0.39 is 10.0 Å². The maximum atomic E-state index is 13.4. The van der Waals surface area contributed by atoms with Gasteiger partial charge in [-0.2, -0.15) is 4.31 Å². The topological polar surface area (TPSA) is 105 Å². The summed E-state index contributed by atoms with van der Waals surface area (Å²) in [5.74, 6) is 0.412. The number of hydrogen-bond donors (Lipinski definition) is 0. The van der Waals surface area contributed by atoms with E-state index in [2.05, 4.69) is 33.7 Å². The Morgan fingerprint density at radius 2 is 1.61 bits per heavy atom. The number of hydrogen-bond acceptors (Lipinski definition) is 7. The summed E-state index contributed by atoms with van der Waals surface area (Å²) < 4.78 is 30.2. The zero-order valence-corrected chi connectivity index (χ0v) is 26.3. The van der Waals surface area contributed by atoms with Gasteiger partial charge in [0.1, 0.15) is 6.33 Å². The molecule has 0 N–H and O–H groups in total. The highest BCUT2D eigenvalue weighted by Crippen LogP contribution is 2.49. The van der Waals surface area contributed by atoms with Crippen LogP contribution < -0.4 is 0 Å². The third kappa shape index (κ3) is 5.82. The normalized spacial score (nSPS) is 23.6. The second-order valence-electron chi connectivity index (χ2n) is 12.9. The first kappa shape index (κ1) is 30.1. The fraction of sp³-hybridized carbons (Fsp3) is 0.733. The van der Waals surface area contributed by atoms with Crippen molar-refractivity contribution >= 4 is 15.9 Å². The van der Waals surface area contributed by atoms with Crippen molar-refractivity contribution in [2.45, 2.75) is 89.6 Å². The zero-order valence-electron chi connectivity index (χ0n) is 25.5. The Kier molecular flexibility index (Phi) is 8.61. The van der Waals surface area contributed by atoms with Gasteiger partial charge in [-0.05, 0) is 83.7 Å². The standard InChI is InChI=1S/C30H47N7O3S/c1-6-7-8-25-19-37(41(39,40)26-20-34(5)22-33-26)18-13-30(25)11-16-36(17-12-30)29(4)9-14-35(15-10-29)28(38)27-23(2)31-21-32-24(27)3/h20-22,25H,6-19H2,1-5H3. The summed E-state index contributed by atoms with van der Waals surface area (Å²) in [7, 11) is -1.78. The van der Waals surface area contributed by atoms with Crippen molar-refractivity contribution in [3.05, 3.63) is 35.8 Å². The number of likely N-dealkylation sites (tertiary alicyclic amines) is 2. The van der Waals surface area contributed by atoms with E-state index in [0.717, 1.165) is 88.9 Å². The molecule has 2 aromatic rings. The average molecular weight is 586 g/mol. The molecule has 226 valence electrons. The smallest absolute Gasteiger partial charge is 0.262 e. The van der Waals surface area contributed by atoms with Crippen LogP contribution in [0.25, 0.3) is 0 Å². The first-order chi connectivity index (χ1) is 19.5. The van der Waals surface area contributed by atoms with Crippen LogP contribution in [0.5, 0.6) is 0 Å². The number of rotatable bonds is 7. The molecule has 1 amide bonds. The summed E-state index contributed by atoms with van der Waals surface area (Å²) in [6, 6.07) is 0. The number of piperidine rings is 3. The van der Waals surface area contributed by atoms with Crippen molar-refractivity contribution in [1.29, 1.82) is 0 Å². The number of aromatic nitrogens is 4. The molecule has 5 rings (SSSR count). The SMILES string of the molecule is CCCCC1CN(S(=O)(=O)c2cn(C)cn2)CCC12CCN(C1(C)CCN(C(=O)c3c(C)ncnc3C)CC1)CC2. The largest absolute Gasteiger partial charge is 0.339 e. The molecule has 3 saturated heterocycles. The summed E-state index contributed by atoms with van der Waals surface area (Å²) in [4.78, 5) is 30.6. The molecule has 3 fully saturated rings. The molecule has 3 aliphatic rings. The van der Waals surface area contributed by atoms with Gasteiger partial charge in [-0.3, -0.25) is 9.69 Å². The lowest BCUT2D eigenvalue weighted by atomic mass is 9.63. The van der Waals surface area contributed by atoms with Crippen LogP contribution in [0, 0.1) is 25.2 Å². The van der Waals surface area contributed by atoms with Gasteiger partial charge in [0, 0.05) is 45.0 Å². The van der Waals surface area contributed by atoms with Gasteiger partial charge in [-0.15, -0.1) is 0 Å². The van der Waals surface area contributed by atoms with Crippen LogP contribution in [0.15, 0.2) is 23.9 Å². The molecule has 1 spiro atoms. The molecule has 5 heterocycles. The van der Waals surface area contributed by atoms with Crippen LogP contribution in [-0.4, -0.2) is 92.8 Å². The number of amides is 1. The minimum atomic E-state index is -3.58. The first-order valence-electron chi connectivity index (χ1n) is 15.3. The van der Waals surface area contributed by atoms with Crippen LogP contribution in [-0.2, 0) is 17.1 Å². The highest BCUT2D eigenvalue weighted by molar-refractivity contribution is 7.89. The summed E-state index contributed by atoms with van der Waals surface area (Å²) in [5, 5.41) is 0.155. The summed E-state index contributed by atoms with van der Waals surface area (Å²) in [5.41, 5.74) is 2.39. The van der Waals surface area contributed by atoms with E-state index in [9.17, 15) is 13.2 Å². The van der Waals surface area contributed by atoms with Gasteiger partial charge in [0.25, 0.3) is 15.9 Å². The molecule has 2 aromatic heterocycles.